The van der Waals surface area contributed by atoms with Crippen LogP contribution in [0.1, 0.15) is 34.2 Å². The number of hydrogen-bond donors (Lipinski definition) is 3. The highest BCUT2D eigenvalue weighted by Gasteiger charge is 2.20. The lowest BCUT2D eigenvalue weighted by Gasteiger charge is -2.21. The van der Waals surface area contributed by atoms with Gasteiger partial charge in [-0.15, -0.1) is 0 Å². The van der Waals surface area contributed by atoms with Crippen LogP contribution < -0.4 is 20.3 Å². The summed E-state index contributed by atoms with van der Waals surface area (Å²) in [6.45, 7) is 1.32. The van der Waals surface area contributed by atoms with Gasteiger partial charge in [-0.3, -0.25) is 19.2 Å². The van der Waals surface area contributed by atoms with Crippen molar-refractivity contribution >= 4 is 69.7 Å². The topological polar surface area (TPSA) is 143 Å². The van der Waals surface area contributed by atoms with Gasteiger partial charge in [-0.25, -0.2) is 4.98 Å². The summed E-state index contributed by atoms with van der Waals surface area (Å²) < 4.78 is 7.70. The third kappa shape index (κ3) is 7.81. The number of rotatable bonds is 12. The number of aromatic nitrogens is 2. The van der Waals surface area contributed by atoms with Gasteiger partial charge in [0.2, 0.25) is 11.8 Å². The Morgan fingerprint density at radius 2 is 1.80 bits per heavy atom. The molecule has 0 bridgehead atoms. The number of para-hydroxylation sites is 1. The van der Waals surface area contributed by atoms with E-state index in [-0.39, 0.29) is 30.6 Å². The number of aliphatic carboxylic acids is 1. The maximum Gasteiger partial charge on any atom is 0.323 e. The standard InChI is InChI=1S/C32H31Cl2N5O6/c1-4-26-37-31-24(39(26)17-29(42)43)6-5-7-25(31)45-18-21-22(33)13-14-23(30(21)34)38(3)28(41)16-36-27(40)15-10-19-8-11-20(12-9-19)32(44)35-2/h5-15H,4,16-18H2,1-3H3,(H,35,44)(H,36,40)(H,42,43)/b15-10+. The summed E-state index contributed by atoms with van der Waals surface area (Å²) in [7, 11) is 3.07. The average Bonchev–Trinajstić information content (AvgIpc) is 3.39. The molecule has 0 fully saturated rings. The Morgan fingerprint density at radius 1 is 1.07 bits per heavy atom. The predicted octanol–water partition coefficient (Wildman–Crippen LogP) is 4.72. The number of carbonyl (C=O) groups excluding carboxylic acids is 3. The number of likely N-dealkylation sites (N-methyl/N-ethyl adjacent to an activating group) is 1. The Kier molecular flexibility index (Phi) is 10.8. The number of benzene rings is 3. The number of amides is 3. The van der Waals surface area contributed by atoms with Gasteiger partial charge in [0.05, 0.1) is 22.8 Å². The molecule has 4 rings (SSSR count). The maximum atomic E-state index is 12.9. The lowest BCUT2D eigenvalue weighted by Crippen LogP contribution is -2.37. The second-order valence-corrected chi connectivity index (χ2v) is 10.6. The highest BCUT2D eigenvalue weighted by atomic mass is 35.5. The van der Waals surface area contributed by atoms with Crippen molar-refractivity contribution in [3.05, 3.63) is 93.2 Å². The first kappa shape index (κ1) is 33.0. The molecule has 234 valence electrons. The monoisotopic (exact) mass is 651 g/mol. The van der Waals surface area contributed by atoms with Crippen LogP contribution >= 0.6 is 23.2 Å². The van der Waals surface area contributed by atoms with Crippen LogP contribution in [-0.2, 0) is 34.0 Å². The first-order valence-electron chi connectivity index (χ1n) is 13.9. The molecule has 0 aliphatic rings. The van der Waals surface area contributed by atoms with Crippen LogP contribution in [0.4, 0.5) is 5.69 Å². The van der Waals surface area contributed by atoms with Crippen LogP contribution in [0.15, 0.2) is 60.7 Å². The Labute approximate surface area is 269 Å². The summed E-state index contributed by atoms with van der Waals surface area (Å²) >= 11 is 13.2. The quantitative estimate of drug-likeness (QED) is 0.188. The van der Waals surface area contributed by atoms with Crippen LogP contribution in [-0.4, -0.2) is 59.0 Å². The number of fused-ring (bicyclic) bond motifs is 1. The molecule has 0 aliphatic heterocycles. The average molecular weight is 653 g/mol. The number of nitrogens with zero attached hydrogens (tertiary/aromatic N) is 3. The fourth-order valence-electron chi connectivity index (χ4n) is 4.53. The van der Waals surface area contributed by atoms with Gasteiger partial charge in [-0.2, -0.15) is 0 Å². The molecule has 13 heteroatoms. The third-order valence-electron chi connectivity index (χ3n) is 6.94. The minimum atomic E-state index is -0.980. The first-order valence-corrected chi connectivity index (χ1v) is 14.6. The number of hydrogen-bond acceptors (Lipinski definition) is 6. The summed E-state index contributed by atoms with van der Waals surface area (Å²) in [5.74, 6) is -1.06. The molecule has 3 N–H and O–H groups in total. The number of ether oxygens (including phenoxy) is 1. The van der Waals surface area contributed by atoms with Crippen LogP contribution in [0.5, 0.6) is 5.75 Å². The second-order valence-electron chi connectivity index (χ2n) is 9.84. The summed E-state index contributed by atoms with van der Waals surface area (Å²) in [5, 5.41) is 15.0. The minimum absolute atomic E-state index is 0.0501. The van der Waals surface area contributed by atoms with E-state index < -0.39 is 17.8 Å². The predicted molar refractivity (Wildman–Crippen MR) is 173 cm³/mol. The zero-order valence-electron chi connectivity index (χ0n) is 24.8. The van der Waals surface area contributed by atoms with Crippen LogP contribution in [0.2, 0.25) is 10.0 Å². The number of nitrogens with one attached hydrogen (secondary N) is 2. The normalized spacial score (nSPS) is 11.0. The van der Waals surface area contributed by atoms with E-state index >= 15 is 0 Å². The van der Waals surface area contributed by atoms with Gasteiger partial charge in [-0.1, -0.05) is 48.3 Å². The number of halogens is 2. The zero-order valence-corrected chi connectivity index (χ0v) is 26.3. The van der Waals surface area contributed by atoms with E-state index in [1.807, 2.05) is 6.92 Å². The lowest BCUT2D eigenvalue weighted by molar-refractivity contribution is -0.137. The minimum Gasteiger partial charge on any atom is -0.486 e. The molecule has 11 nitrogen and oxygen atoms in total. The molecule has 0 radical (unpaired) electrons. The molecule has 0 spiro atoms. The highest BCUT2D eigenvalue weighted by molar-refractivity contribution is 6.38. The van der Waals surface area contributed by atoms with Crippen molar-refractivity contribution in [2.24, 2.45) is 0 Å². The molecule has 1 heterocycles. The molecule has 0 unspecified atom stereocenters. The number of imidazole rings is 1. The van der Waals surface area contributed by atoms with Crippen LogP contribution in [0.25, 0.3) is 17.1 Å². The van der Waals surface area contributed by atoms with Gasteiger partial charge in [0, 0.05) is 42.7 Å². The molecule has 3 amide bonds. The third-order valence-corrected chi connectivity index (χ3v) is 7.72. The molecule has 0 aliphatic carbocycles. The van der Waals surface area contributed by atoms with Crippen molar-refractivity contribution in [2.45, 2.75) is 26.5 Å². The molecule has 45 heavy (non-hydrogen) atoms. The number of aryl methyl sites for hydroxylation is 1. The number of carboxylic acid groups (broad SMARTS) is 1. The highest BCUT2D eigenvalue weighted by Crippen LogP contribution is 2.35. The number of carboxylic acids is 1. The Bertz CT molecular complexity index is 1790. The Balaban J connectivity index is 1.42. The van der Waals surface area contributed by atoms with Crippen molar-refractivity contribution in [1.29, 1.82) is 0 Å². The molecule has 0 saturated carbocycles. The smallest absolute Gasteiger partial charge is 0.323 e. The summed E-state index contributed by atoms with van der Waals surface area (Å²) in [5.41, 5.74) is 3.14. The van der Waals surface area contributed by atoms with E-state index in [9.17, 15) is 24.3 Å². The molecule has 0 saturated heterocycles. The van der Waals surface area contributed by atoms with Crippen molar-refractivity contribution in [3.63, 3.8) is 0 Å². The molecule has 4 aromatic rings. The van der Waals surface area contributed by atoms with Gasteiger partial charge in [0.15, 0.2) is 0 Å². The van der Waals surface area contributed by atoms with Gasteiger partial charge in [0.25, 0.3) is 5.91 Å². The van der Waals surface area contributed by atoms with E-state index in [0.717, 1.165) is 0 Å². The lowest BCUT2D eigenvalue weighted by atomic mass is 10.1. The summed E-state index contributed by atoms with van der Waals surface area (Å²) in [6.07, 6.45) is 3.40. The number of carbonyl (C=O) groups is 4. The largest absolute Gasteiger partial charge is 0.486 e. The van der Waals surface area contributed by atoms with E-state index in [4.69, 9.17) is 27.9 Å². The summed E-state index contributed by atoms with van der Waals surface area (Å²) in [4.78, 5) is 54.3. The van der Waals surface area contributed by atoms with Crippen molar-refractivity contribution < 1.29 is 29.0 Å². The van der Waals surface area contributed by atoms with Crippen LogP contribution in [0.3, 0.4) is 0 Å². The molecular formula is C32H31Cl2N5O6. The van der Waals surface area contributed by atoms with E-state index in [2.05, 4.69) is 15.6 Å². The summed E-state index contributed by atoms with van der Waals surface area (Å²) in [6, 6.07) is 15.1. The fraction of sp³-hybridized carbons (Fsp3) is 0.219. The van der Waals surface area contributed by atoms with Gasteiger partial charge in [-0.05, 0) is 48.0 Å². The molecule has 3 aromatic carbocycles. The SMILES string of the molecule is CCc1nc2c(OCc3c(Cl)ccc(N(C)C(=O)CNC(=O)/C=C/c4ccc(C(=O)NC)cc4)c3Cl)cccc2n1CC(=O)O. The van der Waals surface area contributed by atoms with Gasteiger partial charge in [0.1, 0.15) is 30.2 Å². The fourth-order valence-corrected chi connectivity index (χ4v) is 5.14. The van der Waals surface area contributed by atoms with Crippen LogP contribution in [0, 0.1) is 0 Å². The van der Waals surface area contributed by atoms with Crippen molar-refractivity contribution in [1.82, 2.24) is 20.2 Å². The van der Waals surface area contributed by atoms with Gasteiger partial charge >= 0.3 is 5.97 Å². The molecule has 1 aromatic heterocycles. The first-order chi connectivity index (χ1) is 21.5. The Hall–Kier alpha value is -4.87. The number of anilines is 1. The zero-order chi connectivity index (χ0) is 32.7. The Morgan fingerprint density at radius 3 is 2.47 bits per heavy atom. The van der Waals surface area contributed by atoms with E-state index in [1.54, 1.807) is 72.3 Å². The van der Waals surface area contributed by atoms with E-state index in [1.165, 1.54) is 18.0 Å². The van der Waals surface area contributed by atoms with E-state index in [0.29, 0.717) is 56.4 Å². The molecular weight excluding hydrogens is 621 g/mol. The second kappa shape index (κ2) is 14.7. The van der Waals surface area contributed by atoms with Gasteiger partial charge < -0.3 is 29.9 Å². The molecule has 0 atom stereocenters. The van der Waals surface area contributed by atoms with Crippen molar-refractivity contribution in [3.8, 4) is 5.75 Å². The van der Waals surface area contributed by atoms with Crippen molar-refractivity contribution in [2.75, 3.05) is 25.5 Å². The maximum absolute atomic E-state index is 12.9.